The first-order valence-electron chi connectivity index (χ1n) is 11.4. The molecule has 1 amide bonds. The maximum absolute atomic E-state index is 14.6. The minimum absolute atomic E-state index is 0.193. The molecule has 0 saturated carbocycles. The van der Waals surface area contributed by atoms with Crippen LogP contribution in [0.3, 0.4) is 0 Å². The van der Waals surface area contributed by atoms with E-state index in [-0.39, 0.29) is 11.4 Å². The van der Waals surface area contributed by atoms with E-state index in [0.29, 0.717) is 33.8 Å². The third-order valence-electron chi connectivity index (χ3n) is 5.73. The second kappa shape index (κ2) is 10.8. The van der Waals surface area contributed by atoms with Crippen molar-refractivity contribution >= 4 is 54.5 Å². The molecule has 38 heavy (non-hydrogen) atoms. The van der Waals surface area contributed by atoms with Crippen LogP contribution in [0, 0.1) is 5.82 Å². The normalized spacial score (nSPS) is 11.6. The van der Waals surface area contributed by atoms with Crippen LogP contribution in [0.2, 0.25) is 0 Å². The molecule has 1 heterocycles. The Kier molecular flexibility index (Phi) is 7.66. The quantitative estimate of drug-likeness (QED) is 0.169. The number of ether oxygens (including phenoxy) is 1. The Morgan fingerprint density at radius 2 is 1.50 bits per heavy atom. The van der Waals surface area contributed by atoms with Crippen molar-refractivity contribution in [3.8, 4) is 11.3 Å². The van der Waals surface area contributed by atoms with E-state index in [0.717, 1.165) is 0 Å². The molecule has 0 unspecified atom stereocenters. The number of nitrogens with two attached hydrogens (primary N) is 2. The van der Waals surface area contributed by atoms with Gasteiger partial charge in [0.25, 0.3) is 5.91 Å². The van der Waals surface area contributed by atoms with Gasteiger partial charge in [0.05, 0.1) is 16.9 Å². The van der Waals surface area contributed by atoms with E-state index in [4.69, 9.17) is 47.7 Å². The second-order valence-corrected chi connectivity index (χ2v) is 8.56. The molecule has 0 bridgehead atoms. The largest absolute Gasteiger partial charge is 0.398 e. The lowest BCUT2D eigenvalue weighted by atomic mass is 9.56. The van der Waals surface area contributed by atoms with E-state index >= 15 is 0 Å². The fourth-order valence-electron chi connectivity index (χ4n) is 3.71. The highest BCUT2D eigenvalue weighted by Gasteiger charge is 2.30. The maximum atomic E-state index is 14.6. The summed E-state index contributed by atoms with van der Waals surface area (Å²) in [6, 6.07) is 22.1. The van der Waals surface area contributed by atoms with Gasteiger partial charge in [0, 0.05) is 22.1 Å². The lowest BCUT2D eigenvalue weighted by molar-refractivity contribution is 0.0217. The SMILES string of the molecule is [B]C([B])(OC([B])([B])c1ccc(NC(=O)c2cc(-c3ccc(N)c(NN)n3)ccc2F)cc1)c1ccccc1. The average Bonchev–Trinajstić information content (AvgIpc) is 2.89. The molecule has 7 nitrogen and oxygen atoms in total. The molecule has 0 aliphatic rings. The molecule has 4 rings (SSSR count). The van der Waals surface area contributed by atoms with Gasteiger partial charge in [-0.3, -0.25) is 4.79 Å². The smallest absolute Gasteiger partial charge is 0.258 e. The summed E-state index contributed by atoms with van der Waals surface area (Å²) in [5, 5.41) is -0.980. The Bertz CT molecular complexity index is 1450. The van der Waals surface area contributed by atoms with Crippen LogP contribution in [0.5, 0.6) is 0 Å². The number of hydrazine groups is 1. The van der Waals surface area contributed by atoms with Crippen molar-refractivity contribution in [2.45, 2.75) is 10.8 Å². The highest BCUT2D eigenvalue weighted by Crippen LogP contribution is 2.30. The van der Waals surface area contributed by atoms with Crippen molar-refractivity contribution < 1.29 is 13.9 Å². The fraction of sp³-hybridized carbons (Fsp3) is 0.0769. The first-order valence-corrected chi connectivity index (χ1v) is 11.4. The summed E-state index contributed by atoms with van der Waals surface area (Å²) < 4.78 is 20.2. The number of nitrogens with one attached hydrogen (secondary N) is 2. The summed E-state index contributed by atoms with van der Waals surface area (Å²) in [5.41, 5.74) is 10.4. The summed E-state index contributed by atoms with van der Waals surface area (Å²) in [5.74, 6) is 4.29. The number of hydrogen-bond acceptors (Lipinski definition) is 6. The van der Waals surface area contributed by atoms with Gasteiger partial charge in [-0.05, 0) is 53.6 Å². The van der Waals surface area contributed by atoms with Crippen LogP contribution in [-0.4, -0.2) is 42.3 Å². The number of carbonyl (C=O) groups excluding carboxylic acids is 1. The Balaban J connectivity index is 1.50. The topological polar surface area (TPSA) is 115 Å². The first kappa shape index (κ1) is 27.0. The van der Waals surface area contributed by atoms with Crippen LogP contribution in [-0.2, 0) is 15.5 Å². The van der Waals surface area contributed by atoms with Crippen molar-refractivity contribution in [3.05, 3.63) is 107 Å². The molecule has 4 aromatic rings. The van der Waals surface area contributed by atoms with E-state index in [1.807, 2.05) is 0 Å². The number of anilines is 3. The average molecular weight is 497 g/mol. The molecule has 8 radical (unpaired) electrons. The van der Waals surface area contributed by atoms with E-state index in [1.165, 1.54) is 42.5 Å². The van der Waals surface area contributed by atoms with Gasteiger partial charge in [-0.25, -0.2) is 15.2 Å². The van der Waals surface area contributed by atoms with Gasteiger partial charge in [-0.15, -0.1) is 0 Å². The lowest BCUT2D eigenvalue weighted by Gasteiger charge is -2.39. The van der Waals surface area contributed by atoms with Crippen LogP contribution >= 0.6 is 0 Å². The fourth-order valence-corrected chi connectivity index (χ4v) is 3.71. The minimum atomic E-state index is -1.86. The number of hydrogen-bond donors (Lipinski definition) is 4. The van der Waals surface area contributed by atoms with Gasteiger partial charge in [-0.1, -0.05) is 42.5 Å². The minimum Gasteiger partial charge on any atom is -0.398 e. The van der Waals surface area contributed by atoms with E-state index < -0.39 is 22.5 Å². The van der Waals surface area contributed by atoms with Gasteiger partial charge in [0.1, 0.15) is 37.2 Å². The molecule has 3 aromatic carbocycles. The zero-order chi connectivity index (χ0) is 27.5. The van der Waals surface area contributed by atoms with Crippen molar-refractivity contribution in [1.82, 2.24) is 4.98 Å². The second-order valence-electron chi connectivity index (χ2n) is 8.56. The number of amides is 1. The maximum Gasteiger partial charge on any atom is 0.258 e. The number of aromatic nitrogens is 1. The van der Waals surface area contributed by atoms with Crippen LogP contribution in [0.25, 0.3) is 11.3 Å². The number of rotatable bonds is 8. The monoisotopic (exact) mass is 497 g/mol. The number of halogens is 1. The van der Waals surface area contributed by atoms with Crippen LogP contribution in [0.1, 0.15) is 21.5 Å². The van der Waals surface area contributed by atoms with E-state index in [1.54, 1.807) is 42.5 Å². The Morgan fingerprint density at radius 1 is 0.868 bits per heavy atom. The number of pyridine rings is 1. The van der Waals surface area contributed by atoms with Crippen molar-refractivity contribution in [2.24, 2.45) is 5.84 Å². The van der Waals surface area contributed by atoms with Gasteiger partial charge in [0.15, 0.2) is 5.82 Å². The standard InChI is InChI=1S/C26H20B4FN5O2/c27-25(28,16-4-2-1-3-5-16)38-26(29,30)17-7-9-18(10-8-17)34-24(37)19-14-15(6-11-20(19)31)22-13-12-21(32)23(35-22)36-33/h1-14H,32-33H2,(H,34,37)(H,35,36). The van der Waals surface area contributed by atoms with Crippen molar-refractivity contribution in [2.75, 3.05) is 16.5 Å². The Labute approximate surface area is 225 Å². The summed E-state index contributed by atoms with van der Waals surface area (Å²) in [4.78, 5) is 17.2. The zero-order valence-corrected chi connectivity index (χ0v) is 20.2. The number of benzene rings is 3. The zero-order valence-electron chi connectivity index (χ0n) is 20.2. The highest BCUT2D eigenvalue weighted by atomic mass is 19.1. The predicted octanol–water partition coefficient (Wildman–Crippen LogP) is 2.62. The van der Waals surface area contributed by atoms with Crippen molar-refractivity contribution in [1.29, 1.82) is 0 Å². The Hall–Kier alpha value is -4.01. The molecule has 0 aliphatic heterocycles. The number of carbonyl (C=O) groups is 1. The van der Waals surface area contributed by atoms with Gasteiger partial charge >= 0.3 is 0 Å². The lowest BCUT2D eigenvalue weighted by Crippen LogP contribution is -2.43. The molecule has 0 aliphatic carbocycles. The summed E-state index contributed by atoms with van der Waals surface area (Å²) >= 11 is 0. The molecule has 12 heteroatoms. The van der Waals surface area contributed by atoms with Crippen LogP contribution in [0.4, 0.5) is 21.6 Å². The van der Waals surface area contributed by atoms with Gasteiger partial charge in [-0.2, -0.15) is 0 Å². The number of nitrogens with zero attached hydrogens (tertiary/aromatic N) is 1. The first-order chi connectivity index (χ1) is 18.0. The van der Waals surface area contributed by atoms with Crippen LogP contribution < -0.4 is 22.3 Å². The molecular weight excluding hydrogens is 477 g/mol. The third kappa shape index (κ3) is 5.93. The summed E-state index contributed by atoms with van der Waals surface area (Å²) in [6.45, 7) is 0. The molecule has 0 saturated heterocycles. The molecule has 0 spiro atoms. The summed E-state index contributed by atoms with van der Waals surface area (Å²) in [7, 11) is 24.5. The summed E-state index contributed by atoms with van der Waals surface area (Å²) in [6.07, 6.45) is 0. The molecule has 1 aromatic heterocycles. The highest BCUT2D eigenvalue weighted by molar-refractivity contribution is 6.42. The molecule has 0 atom stereocenters. The molecular formula is C26H20B4FN5O2. The van der Waals surface area contributed by atoms with Gasteiger partial charge in [0.2, 0.25) is 0 Å². The predicted molar refractivity (Wildman–Crippen MR) is 150 cm³/mol. The van der Waals surface area contributed by atoms with Gasteiger partial charge < -0.3 is 21.2 Å². The van der Waals surface area contributed by atoms with E-state index in [2.05, 4.69) is 15.7 Å². The molecule has 180 valence electrons. The van der Waals surface area contributed by atoms with Crippen LogP contribution in [0.15, 0.2) is 84.9 Å². The number of nitrogen functional groups attached to an aromatic ring is 2. The van der Waals surface area contributed by atoms with Crippen molar-refractivity contribution in [3.63, 3.8) is 0 Å². The Morgan fingerprint density at radius 3 is 2.13 bits per heavy atom. The van der Waals surface area contributed by atoms with E-state index in [9.17, 15) is 9.18 Å². The molecule has 0 fully saturated rings. The third-order valence-corrected chi connectivity index (χ3v) is 5.73. The molecule has 6 N–H and O–H groups in total.